The smallest absolute Gasteiger partial charge is 0.266 e. The van der Waals surface area contributed by atoms with Crippen LogP contribution in [0, 0.1) is 0 Å². The lowest BCUT2D eigenvalue weighted by molar-refractivity contribution is 0.931. The lowest BCUT2D eigenvalue weighted by Crippen LogP contribution is -1.98. The van der Waals surface area contributed by atoms with E-state index in [0.29, 0.717) is 5.65 Å². The van der Waals surface area contributed by atoms with Gasteiger partial charge < -0.3 is 0 Å². The number of aromatic nitrogens is 3. The molecule has 0 spiro atoms. The van der Waals surface area contributed by atoms with Gasteiger partial charge in [-0.15, -0.1) is 0 Å². The zero-order valence-electron chi connectivity index (χ0n) is 7.27. The van der Waals surface area contributed by atoms with E-state index in [9.17, 15) is 4.79 Å². The van der Waals surface area contributed by atoms with E-state index < -0.39 is 0 Å². The van der Waals surface area contributed by atoms with Gasteiger partial charge in [-0.3, -0.25) is 9.89 Å². The minimum absolute atomic E-state index is 0.132. The third-order valence-corrected chi connectivity index (χ3v) is 2.18. The van der Waals surface area contributed by atoms with Crippen LogP contribution in [0.5, 0.6) is 0 Å². The fourth-order valence-electron chi connectivity index (χ4n) is 1.54. The Labute approximate surface area is 78.8 Å². The first-order valence-corrected chi connectivity index (χ1v) is 4.30. The quantitative estimate of drug-likeness (QED) is 0.571. The summed E-state index contributed by atoms with van der Waals surface area (Å²) in [6.07, 6.45) is 1.86. The number of rotatable bonds is 0. The molecule has 0 unspecified atom stereocenters. The summed E-state index contributed by atoms with van der Waals surface area (Å²) in [5.41, 5.74) is 1.41. The largest absolute Gasteiger partial charge is 0.268 e. The highest BCUT2D eigenvalue weighted by atomic mass is 16.1. The molecule has 0 amide bonds. The number of hydrogen-bond acceptors (Lipinski definition) is 2. The molecule has 3 aromatic rings. The number of fused-ring (bicyclic) bond motifs is 2. The van der Waals surface area contributed by atoms with Gasteiger partial charge in [0.15, 0.2) is 5.65 Å². The monoisotopic (exact) mass is 185 g/mol. The van der Waals surface area contributed by atoms with Gasteiger partial charge in [0.2, 0.25) is 0 Å². The molecular formula is C10H7N3O. The van der Waals surface area contributed by atoms with Crippen molar-refractivity contribution in [3.8, 4) is 0 Å². The van der Waals surface area contributed by atoms with Crippen LogP contribution >= 0.6 is 0 Å². The second-order valence-corrected chi connectivity index (χ2v) is 3.15. The van der Waals surface area contributed by atoms with E-state index in [1.165, 1.54) is 6.07 Å². The summed E-state index contributed by atoms with van der Waals surface area (Å²) in [7, 11) is 0. The SMILES string of the molecule is O=c1cc2nc3ccccc3cn2[nH]1. The first-order valence-electron chi connectivity index (χ1n) is 4.30. The molecule has 0 fully saturated rings. The summed E-state index contributed by atoms with van der Waals surface area (Å²) < 4.78 is 1.63. The molecule has 0 saturated carbocycles. The third-order valence-electron chi connectivity index (χ3n) is 2.18. The Bertz CT molecular complexity index is 610. The molecular weight excluding hydrogens is 178 g/mol. The molecule has 2 heterocycles. The summed E-state index contributed by atoms with van der Waals surface area (Å²) >= 11 is 0. The predicted molar refractivity (Wildman–Crippen MR) is 53.3 cm³/mol. The Kier molecular flexibility index (Phi) is 1.28. The minimum Gasteiger partial charge on any atom is -0.268 e. The highest BCUT2D eigenvalue weighted by Crippen LogP contribution is 2.10. The average molecular weight is 185 g/mol. The second kappa shape index (κ2) is 2.45. The summed E-state index contributed by atoms with van der Waals surface area (Å²) in [6.45, 7) is 0. The van der Waals surface area contributed by atoms with Crippen molar-refractivity contribution in [2.24, 2.45) is 0 Å². The zero-order chi connectivity index (χ0) is 9.54. The van der Waals surface area contributed by atoms with E-state index in [1.807, 2.05) is 30.5 Å². The van der Waals surface area contributed by atoms with Crippen LogP contribution in [0.3, 0.4) is 0 Å². The van der Waals surface area contributed by atoms with Crippen molar-refractivity contribution in [2.75, 3.05) is 0 Å². The van der Waals surface area contributed by atoms with Crippen molar-refractivity contribution in [3.05, 3.63) is 46.9 Å². The van der Waals surface area contributed by atoms with Gasteiger partial charge in [0, 0.05) is 17.6 Å². The standard InChI is InChI=1S/C10H7N3O/c14-10-5-9-11-8-4-2-1-3-7(8)6-13(9)12-10/h1-6H,(H,12,14). The molecule has 1 aromatic carbocycles. The Hall–Kier alpha value is -2.10. The summed E-state index contributed by atoms with van der Waals surface area (Å²) in [4.78, 5) is 15.4. The first-order chi connectivity index (χ1) is 6.83. The maximum Gasteiger partial charge on any atom is 0.266 e. The Morgan fingerprint density at radius 1 is 1.29 bits per heavy atom. The highest BCUT2D eigenvalue weighted by molar-refractivity contribution is 5.79. The van der Waals surface area contributed by atoms with E-state index in [0.717, 1.165) is 10.9 Å². The van der Waals surface area contributed by atoms with Gasteiger partial charge in [-0.25, -0.2) is 9.50 Å². The molecule has 0 bridgehead atoms. The molecule has 0 atom stereocenters. The Morgan fingerprint density at radius 3 is 3.07 bits per heavy atom. The van der Waals surface area contributed by atoms with Crippen LogP contribution in [0.15, 0.2) is 41.3 Å². The van der Waals surface area contributed by atoms with Crippen molar-refractivity contribution >= 4 is 16.6 Å². The maximum absolute atomic E-state index is 11.1. The normalized spacial score (nSPS) is 11.1. The van der Waals surface area contributed by atoms with E-state index >= 15 is 0 Å². The molecule has 4 nitrogen and oxygen atoms in total. The second-order valence-electron chi connectivity index (χ2n) is 3.15. The van der Waals surface area contributed by atoms with E-state index in [2.05, 4.69) is 10.1 Å². The van der Waals surface area contributed by atoms with Crippen molar-refractivity contribution in [1.29, 1.82) is 0 Å². The first kappa shape index (κ1) is 7.32. The fraction of sp³-hybridized carbons (Fsp3) is 0. The Balaban J connectivity index is 2.57. The zero-order valence-corrected chi connectivity index (χ0v) is 7.27. The lowest BCUT2D eigenvalue weighted by Gasteiger charge is -1.97. The molecule has 3 rings (SSSR count). The van der Waals surface area contributed by atoms with Crippen LogP contribution in [-0.2, 0) is 0 Å². The predicted octanol–water partition coefficient (Wildman–Crippen LogP) is 1.18. The molecule has 0 radical (unpaired) electrons. The molecule has 4 heteroatoms. The number of para-hydroxylation sites is 1. The van der Waals surface area contributed by atoms with Gasteiger partial charge in [0.05, 0.1) is 5.52 Å². The molecule has 68 valence electrons. The van der Waals surface area contributed by atoms with Crippen LogP contribution in [0.2, 0.25) is 0 Å². The maximum atomic E-state index is 11.1. The Morgan fingerprint density at radius 2 is 2.14 bits per heavy atom. The number of benzene rings is 1. The van der Waals surface area contributed by atoms with Gasteiger partial charge in [0.1, 0.15) is 0 Å². The van der Waals surface area contributed by atoms with Crippen LogP contribution in [0.1, 0.15) is 0 Å². The molecule has 0 aliphatic heterocycles. The van der Waals surface area contributed by atoms with Crippen LogP contribution < -0.4 is 5.56 Å². The molecule has 2 aromatic heterocycles. The van der Waals surface area contributed by atoms with Crippen molar-refractivity contribution in [3.63, 3.8) is 0 Å². The third kappa shape index (κ3) is 0.939. The van der Waals surface area contributed by atoms with E-state index in [-0.39, 0.29) is 5.56 Å². The van der Waals surface area contributed by atoms with Crippen molar-refractivity contribution in [2.45, 2.75) is 0 Å². The minimum atomic E-state index is -0.132. The molecule has 14 heavy (non-hydrogen) atoms. The van der Waals surface area contributed by atoms with Crippen LogP contribution in [-0.4, -0.2) is 14.6 Å². The van der Waals surface area contributed by atoms with Gasteiger partial charge in [0.25, 0.3) is 5.56 Å². The van der Waals surface area contributed by atoms with Crippen LogP contribution in [0.25, 0.3) is 16.6 Å². The van der Waals surface area contributed by atoms with Gasteiger partial charge in [-0.05, 0) is 6.07 Å². The molecule has 1 N–H and O–H groups in total. The molecule has 0 aliphatic carbocycles. The van der Waals surface area contributed by atoms with Gasteiger partial charge in [-0.2, -0.15) is 0 Å². The number of hydrogen-bond donors (Lipinski definition) is 1. The average Bonchev–Trinajstić information content (AvgIpc) is 2.53. The number of nitrogens with zero attached hydrogens (tertiary/aromatic N) is 2. The number of aromatic amines is 1. The summed E-state index contributed by atoms with van der Waals surface area (Å²) in [5.74, 6) is 0. The number of H-pyrrole nitrogens is 1. The van der Waals surface area contributed by atoms with Gasteiger partial charge >= 0.3 is 0 Å². The van der Waals surface area contributed by atoms with Crippen molar-refractivity contribution < 1.29 is 0 Å². The van der Waals surface area contributed by atoms with Gasteiger partial charge in [-0.1, -0.05) is 18.2 Å². The lowest BCUT2D eigenvalue weighted by atomic mass is 10.2. The van der Waals surface area contributed by atoms with E-state index in [1.54, 1.807) is 4.52 Å². The number of nitrogens with one attached hydrogen (secondary N) is 1. The topological polar surface area (TPSA) is 50.2 Å². The van der Waals surface area contributed by atoms with Crippen LogP contribution in [0.4, 0.5) is 0 Å². The molecule has 0 saturated heterocycles. The van der Waals surface area contributed by atoms with E-state index in [4.69, 9.17) is 0 Å². The van der Waals surface area contributed by atoms with Crippen molar-refractivity contribution in [1.82, 2.24) is 14.6 Å². The fourth-order valence-corrected chi connectivity index (χ4v) is 1.54. The summed E-state index contributed by atoms with van der Waals surface area (Å²) in [6, 6.07) is 9.23. The molecule has 0 aliphatic rings. The highest BCUT2D eigenvalue weighted by Gasteiger charge is 1.99. The summed E-state index contributed by atoms with van der Waals surface area (Å²) in [5, 5.41) is 3.66.